The van der Waals surface area contributed by atoms with E-state index in [1.807, 2.05) is 16.7 Å². The molecular formula is C27H31N3O3S. The maximum Gasteiger partial charge on any atom is 0.259 e. The molecule has 2 aromatic heterocycles. The number of aromatic nitrogens is 1. The average Bonchev–Trinajstić information content (AvgIpc) is 3.54. The summed E-state index contributed by atoms with van der Waals surface area (Å²) in [6, 6.07) is 10.5. The topological polar surface area (TPSA) is 62.6 Å². The van der Waals surface area contributed by atoms with Crippen LogP contribution in [0.5, 0.6) is 0 Å². The Kier molecular flexibility index (Phi) is 6.55. The number of rotatable bonds is 5. The van der Waals surface area contributed by atoms with Crippen molar-refractivity contribution >= 4 is 33.2 Å². The van der Waals surface area contributed by atoms with E-state index in [1.165, 1.54) is 4.70 Å². The van der Waals surface area contributed by atoms with Crippen LogP contribution in [0.25, 0.3) is 10.1 Å². The Labute approximate surface area is 203 Å². The monoisotopic (exact) mass is 477 g/mol. The van der Waals surface area contributed by atoms with Crippen LogP contribution in [0.3, 0.4) is 0 Å². The molecule has 1 aliphatic heterocycles. The first-order valence-electron chi connectivity index (χ1n) is 12.3. The van der Waals surface area contributed by atoms with E-state index in [0.717, 1.165) is 55.2 Å². The van der Waals surface area contributed by atoms with Crippen molar-refractivity contribution < 1.29 is 9.59 Å². The largest absolute Gasteiger partial charge is 0.349 e. The van der Waals surface area contributed by atoms with Crippen molar-refractivity contribution in [2.24, 2.45) is 0 Å². The molecule has 2 fully saturated rings. The molecule has 0 radical (unpaired) electrons. The second-order valence-corrected chi connectivity index (χ2v) is 10.7. The van der Waals surface area contributed by atoms with Gasteiger partial charge in [-0.2, -0.15) is 0 Å². The lowest BCUT2D eigenvalue weighted by Gasteiger charge is -2.27. The summed E-state index contributed by atoms with van der Waals surface area (Å²) >= 11 is 1.65. The first kappa shape index (κ1) is 22.8. The fourth-order valence-corrected chi connectivity index (χ4v) is 6.33. The molecule has 1 aliphatic carbocycles. The molecular weight excluding hydrogens is 446 g/mol. The molecule has 178 valence electrons. The van der Waals surface area contributed by atoms with Crippen molar-refractivity contribution in [3.63, 3.8) is 0 Å². The van der Waals surface area contributed by atoms with Crippen molar-refractivity contribution in [2.45, 2.75) is 57.5 Å². The number of likely N-dealkylation sites (tertiary alicyclic amines) is 1. The zero-order valence-corrected chi connectivity index (χ0v) is 20.5. The molecule has 0 spiro atoms. The molecule has 1 saturated heterocycles. The van der Waals surface area contributed by atoms with E-state index in [-0.39, 0.29) is 29.0 Å². The van der Waals surface area contributed by atoms with Crippen LogP contribution in [0, 0.1) is 0 Å². The van der Waals surface area contributed by atoms with Crippen LogP contribution in [0.2, 0.25) is 0 Å². The number of benzene rings is 1. The van der Waals surface area contributed by atoms with Crippen molar-refractivity contribution in [1.29, 1.82) is 0 Å². The quantitative estimate of drug-likeness (QED) is 0.515. The summed E-state index contributed by atoms with van der Waals surface area (Å²) in [5.74, 6) is -0.569. The molecule has 1 saturated carbocycles. The molecule has 0 N–H and O–H groups in total. The highest BCUT2D eigenvalue weighted by molar-refractivity contribution is 7.19. The summed E-state index contributed by atoms with van der Waals surface area (Å²) in [5.41, 5.74) is -0.216. The van der Waals surface area contributed by atoms with E-state index >= 15 is 0 Å². The molecule has 0 unspecified atom stereocenters. The van der Waals surface area contributed by atoms with E-state index in [9.17, 15) is 14.4 Å². The Hall–Kier alpha value is -2.93. The van der Waals surface area contributed by atoms with Crippen LogP contribution in [0.1, 0.15) is 76.6 Å². The number of nitrogens with zero attached hydrogens (tertiary/aromatic N) is 3. The number of thiophene rings is 1. The number of fused-ring (bicyclic) bond motifs is 1. The highest BCUT2D eigenvalue weighted by Crippen LogP contribution is 2.30. The first-order valence-corrected chi connectivity index (χ1v) is 13.1. The van der Waals surface area contributed by atoms with Gasteiger partial charge in [-0.1, -0.05) is 31.0 Å². The van der Waals surface area contributed by atoms with E-state index in [1.54, 1.807) is 40.6 Å². The van der Waals surface area contributed by atoms with Crippen LogP contribution >= 0.6 is 11.3 Å². The molecule has 0 atom stereocenters. The van der Waals surface area contributed by atoms with Gasteiger partial charge in [-0.3, -0.25) is 14.4 Å². The summed E-state index contributed by atoms with van der Waals surface area (Å²) in [6.07, 6.45) is 10.7. The van der Waals surface area contributed by atoms with Gasteiger partial charge in [0.05, 0.1) is 6.54 Å². The average molecular weight is 478 g/mol. The second-order valence-electron chi connectivity index (χ2n) is 9.56. The van der Waals surface area contributed by atoms with Gasteiger partial charge in [-0.25, -0.2) is 0 Å². The summed E-state index contributed by atoms with van der Waals surface area (Å²) in [7, 11) is 1.73. The molecule has 1 aromatic carbocycles. The molecule has 3 aromatic rings. The Morgan fingerprint density at radius 2 is 1.71 bits per heavy atom. The fourth-order valence-electron chi connectivity index (χ4n) is 5.21. The maximum absolute atomic E-state index is 13.5. The predicted octanol–water partition coefficient (Wildman–Crippen LogP) is 5.08. The molecule has 2 amide bonds. The predicted molar refractivity (Wildman–Crippen MR) is 136 cm³/mol. The molecule has 5 rings (SSSR count). The minimum Gasteiger partial charge on any atom is -0.349 e. The third-order valence-corrected chi connectivity index (χ3v) is 8.21. The van der Waals surface area contributed by atoms with Gasteiger partial charge in [-0.15, -0.1) is 11.3 Å². The van der Waals surface area contributed by atoms with Crippen LogP contribution in [-0.2, 0) is 6.54 Å². The summed E-state index contributed by atoms with van der Waals surface area (Å²) < 4.78 is 3.14. The zero-order valence-electron chi connectivity index (χ0n) is 19.7. The highest BCUT2D eigenvalue weighted by atomic mass is 32.1. The van der Waals surface area contributed by atoms with Gasteiger partial charge in [0.1, 0.15) is 11.1 Å². The molecule has 0 bridgehead atoms. The lowest BCUT2D eigenvalue weighted by atomic mass is 10.1. The third kappa shape index (κ3) is 4.53. The molecule has 7 heteroatoms. The second kappa shape index (κ2) is 9.74. The van der Waals surface area contributed by atoms with Crippen molar-refractivity contribution in [2.75, 3.05) is 20.1 Å². The van der Waals surface area contributed by atoms with Gasteiger partial charge in [0, 0.05) is 48.1 Å². The minimum atomic E-state index is -0.446. The van der Waals surface area contributed by atoms with E-state index in [0.29, 0.717) is 19.6 Å². The van der Waals surface area contributed by atoms with Crippen LogP contribution in [0.4, 0.5) is 0 Å². The smallest absolute Gasteiger partial charge is 0.259 e. The van der Waals surface area contributed by atoms with Gasteiger partial charge in [-0.05, 0) is 49.6 Å². The van der Waals surface area contributed by atoms with Crippen LogP contribution < -0.4 is 5.43 Å². The van der Waals surface area contributed by atoms with Gasteiger partial charge >= 0.3 is 0 Å². The third-order valence-electron chi connectivity index (χ3n) is 7.11. The number of hydrogen-bond acceptors (Lipinski definition) is 4. The van der Waals surface area contributed by atoms with Crippen LogP contribution in [0.15, 0.2) is 47.5 Å². The number of carbonyl (C=O) groups is 2. The molecule has 6 nitrogen and oxygen atoms in total. The zero-order chi connectivity index (χ0) is 23.7. The number of carbonyl (C=O) groups excluding carboxylic acids is 2. The van der Waals surface area contributed by atoms with E-state index in [2.05, 4.69) is 18.2 Å². The standard InChI is InChI=1S/C27H31N3O3S/c1-28(16-21-15-19-9-3-6-12-24(19)34-21)26(32)22-17-30(20-10-4-5-11-20)18-23(25(22)31)27(33)29-13-7-2-8-14-29/h3,6,9,12,15,17-18,20H,2,4-5,7-8,10-11,13-14,16H2,1H3. The van der Waals surface area contributed by atoms with E-state index < -0.39 is 5.43 Å². The normalized spacial score (nSPS) is 16.8. The number of hydrogen-bond donors (Lipinski definition) is 0. The maximum atomic E-state index is 13.5. The van der Waals surface area contributed by atoms with E-state index in [4.69, 9.17) is 0 Å². The van der Waals surface area contributed by atoms with Gasteiger partial charge < -0.3 is 14.4 Å². The van der Waals surface area contributed by atoms with Gasteiger partial charge in [0.25, 0.3) is 11.8 Å². The molecule has 3 heterocycles. The molecule has 2 aliphatic rings. The summed E-state index contributed by atoms with van der Waals surface area (Å²) in [4.78, 5) is 44.7. The van der Waals surface area contributed by atoms with Crippen molar-refractivity contribution in [1.82, 2.24) is 14.4 Å². The lowest BCUT2D eigenvalue weighted by molar-refractivity contribution is 0.0721. The minimum absolute atomic E-state index is 0.0957. The number of pyridine rings is 1. The summed E-state index contributed by atoms with van der Waals surface area (Å²) in [5, 5.41) is 1.15. The van der Waals surface area contributed by atoms with Crippen molar-refractivity contribution in [3.8, 4) is 0 Å². The fraction of sp³-hybridized carbons (Fsp3) is 0.444. The first-order chi connectivity index (χ1) is 16.5. The Morgan fingerprint density at radius 1 is 1.00 bits per heavy atom. The Bertz CT molecular complexity index is 1230. The number of amides is 2. The number of piperidine rings is 1. The van der Waals surface area contributed by atoms with Crippen molar-refractivity contribution in [3.05, 3.63) is 69.0 Å². The molecule has 34 heavy (non-hydrogen) atoms. The summed E-state index contributed by atoms with van der Waals surface area (Å²) in [6.45, 7) is 1.77. The Balaban J connectivity index is 1.46. The highest BCUT2D eigenvalue weighted by Gasteiger charge is 2.28. The van der Waals surface area contributed by atoms with Crippen LogP contribution in [-0.4, -0.2) is 46.3 Å². The lowest BCUT2D eigenvalue weighted by Crippen LogP contribution is -2.40. The SMILES string of the molecule is CN(Cc1cc2ccccc2s1)C(=O)c1cn(C2CCCC2)cc(C(=O)N2CCCCC2)c1=O. The Morgan fingerprint density at radius 3 is 2.44 bits per heavy atom. The van der Waals surface area contributed by atoms with Gasteiger partial charge in [0.15, 0.2) is 0 Å². The van der Waals surface area contributed by atoms with Gasteiger partial charge in [0.2, 0.25) is 5.43 Å².